The number of nitrogen functional groups attached to an aromatic ring is 1. The quantitative estimate of drug-likeness (QED) is 0.611. The molecule has 0 unspecified atom stereocenters. The largest absolute Gasteiger partial charge is 0.423 e. The fourth-order valence-corrected chi connectivity index (χ4v) is 3.78. The van der Waals surface area contributed by atoms with Crippen LogP contribution in [0.15, 0.2) is 47.4 Å². The number of hydrogen-bond donors (Lipinski definition) is 3. The summed E-state index contributed by atoms with van der Waals surface area (Å²) in [7, 11) is -4.15. The lowest BCUT2D eigenvalue weighted by atomic mass is 10.2. The van der Waals surface area contributed by atoms with Gasteiger partial charge in [0.05, 0.1) is 28.5 Å². The zero-order chi connectivity index (χ0) is 21.2. The van der Waals surface area contributed by atoms with E-state index in [4.69, 9.17) is 10.5 Å². The van der Waals surface area contributed by atoms with Crippen LogP contribution < -0.4 is 20.7 Å². The second-order valence-corrected chi connectivity index (χ2v) is 7.89. The number of para-hydroxylation sites is 2. The third kappa shape index (κ3) is 4.40. The van der Waals surface area contributed by atoms with Crippen LogP contribution in [-0.4, -0.2) is 33.2 Å². The van der Waals surface area contributed by atoms with Gasteiger partial charge in [0.15, 0.2) is 6.23 Å². The Kier molecular flexibility index (Phi) is 5.59. The van der Waals surface area contributed by atoms with E-state index in [1.165, 1.54) is 23.1 Å². The molecular weight excluding hydrogens is 403 g/mol. The van der Waals surface area contributed by atoms with Gasteiger partial charge in [-0.1, -0.05) is 19.1 Å². The van der Waals surface area contributed by atoms with Gasteiger partial charge in [0, 0.05) is 6.42 Å². The maximum atomic E-state index is 13.7. The van der Waals surface area contributed by atoms with E-state index in [1.54, 1.807) is 19.1 Å². The SMILES string of the molecule is CCC(=O)N[C@@H]1CN(c2ccccc2NS(=O)(=O)c2ccc(N)c(F)c2)C(=O)O1. The maximum Gasteiger partial charge on any atom is 0.416 e. The normalized spacial score (nSPS) is 16.4. The molecule has 1 atom stereocenters. The lowest BCUT2D eigenvalue weighted by Gasteiger charge is -2.18. The predicted molar refractivity (Wildman–Crippen MR) is 104 cm³/mol. The molecule has 2 aromatic carbocycles. The first-order valence-corrected chi connectivity index (χ1v) is 10.1. The Morgan fingerprint density at radius 1 is 1.31 bits per heavy atom. The average Bonchev–Trinajstić information content (AvgIpc) is 3.03. The molecule has 2 amide bonds. The molecule has 11 heteroatoms. The van der Waals surface area contributed by atoms with E-state index in [9.17, 15) is 22.4 Å². The van der Waals surface area contributed by atoms with Gasteiger partial charge < -0.3 is 15.8 Å². The van der Waals surface area contributed by atoms with Crippen LogP contribution in [0.2, 0.25) is 0 Å². The van der Waals surface area contributed by atoms with Crippen molar-refractivity contribution in [3.63, 3.8) is 0 Å². The zero-order valence-corrected chi connectivity index (χ0v) is 16.2. The molecule has 0 bridgehead atoms. The van der Waals surface area contributed by atoms with Crippen LogP contribution in [0.4, 0.5) is 26.2 Å². The molecular formula is C18H19FN4O5S. The first kappa shape index (κ1) is 20.4. The first-order valence-electron chi connectivity index (χ1n) is 8.65. The summed E-state index contributed by atoms with van der Waals surface area (Å²) in [5.74, 6) is -1.15. The zero-order valence-electron chi connectivity index (χ0n) is 15.4. The van der Waals surface area contributed by atoms with Crippen molar-refractivity contribution < 1.29 is 27.1 Å². The Hall–Kier alpha value is -3.34. The Morgan fingerprint density at radius 2 is 2.03 bits per heavy atom. The number of nitrogens with one attached hydrogen (secondary N) is 2. The second-order valence-electron chi connectivity index (χ2n) is 6.21. The molecule has 1 heterocycles. The number of anilines is 3. The van der Waals surface area contributed by atoms with Crippen LogP contribution in [-0.2, 0) is 19.6 Å². The molecule has 2 aromatic rings. The van der Waals surface area contributed by atoms with Gasteiger partial charge in [-0.3, -0.25) is 14.4 Å². The molecule has 1 saturated heterocycles. The number of nitrogens with two attached hydrogens (primary N) is 1. The summed E-state index contributed by atoms with van der Waals surface area (Å²) >= 11 is 0. The van der Waals surface area contributed by atoms with Crippen molar-refractivity contribution in [1.29, 1.82) is 0 Å². The summed E-state index contributed by atoms with van der Waals surface area (Å²) in [6, 6.07) is 9.28. The van der Waals surface area contributed by atoms with Crippen LogP contribution in [0.3, 0.4) is 0 Å². The van der Waals surface area contributed by atoms with Gasteiger partial charge in [-0.05, 0) is 30.3 Å². The van der Waals surface area contributed by atoms with Crippen molar-refractivity contribution in [3.8, 4) is 0 Å². The average molecular weight is 422 g/mol. The number of benzene rings is 2. The number of amides is 2. The Labute approximate surface area is 166 Å². The Morgan fingerprint density at radius 3 is 2.72 bits per heavy atom. The molecule has 154 valence electrons. The van der Waals surface area contributed by atoms with Crippen molar-refractivity contribution in [2.24, 2.45) is 0 Å². The van der Waals surface area contributed by atoms with E-state index in [0.29, 0.717) is 0 Å². The molecule has 3 rings (SSSR count). The minimum Gasteiger partial charge on any atom is -0.423 e. The van der Waals surface area contributed by atoms with Gasteiger partial charge in [0.2, 0.25) is 5.91 Å². The van der Waals surface area contributed by atoms with Gasteiger partial charge in [-0.25, -0.2) is 17.6 Å². The predicted octanol–water partition coefficient (Wildman–Crippen LogP) is 2.02. The van der Waals surface area contributed by atoms with Crippen molar-refractivity contribution in [2.75, 3.05) is 21.9 Å². The molecule has 1 aliphatic heterocycles. The highest BCUT2D eigenvalue weighted by Gasteiger charge is 2.34. The van der Waals surface area contributed by atoms with E-state index in [-0.39, 0.29) is 40.8 Å². The number of cyclic esters (lactones) is 1. The number of rotatable bonds is 6. The van der Waals surface area contributed by atoms with Crippen LogP contribution in [0, 0.1) is 5.82 Å². The first-order chi connectivity index (χ1) is 13.7. The molecule has 0 radical (unpaired) electrons. The number of carbonyl (C=O) groups excluding carboxylic acids is 2. The highest BCUT2D eigenvalue weighted by molar-refractivity contribution is 7.92. The van der Waals surface area contributed by atoms with E-state index in [1.807, 2.05) is 0 Å². The Balaban J connectivity index is 1.86. The van der Waals surface area contributed by atoms with Gasteiger partial charge >= 0.3 is 6.09 Å². The minimum absolute atomic E-state index is 0.000186. The van der Waals surface area contributed by atoms with Crippen LogP contribution in [0.5, 0.6) is 0 Å². The molecule has 0 spiro atoms. The summed E-state index contributed by atoms with van der Waals surface area (Å²) in [4.78, 5) is 24.6. The molecule has 29 heavy (non-hydrogen) atoms. The summed E-state index contributed by atoms with van der Waals surface area (Å²) < 4.78 is 46.4. The molecule has 1 fully saturated rings. The molecule has 0 saturated carbocycles. The lowest BCUT2D eigenvalue weighted by Crippen LogP contribution is -2.37. The van der Waals surface area contributed by atoms with Crippen LogP contribution >= 0.6 is 0 Å². The minimum atomic E-state index is -4.15. The topological polar surface area (TPSA) is 131 Å². The number of halogens is 1. The standard InChI is InChI=1S/C18H19FN4O5S/c1-2-16(24)21-17-10-23(18(25)28-17)15-6-4-3-5-14(15)22-29(26,27)11-7-8-13(20)12(19)9-11/h3-9,17,22H,2,10,20H2,1H3,(H,21,24)/t17-/m0/s1. The van der Waals surface area contributed by atoms with E-state index in [0.717, 1.165) is 12.1 Å². The van der Waals surface area contributed by atoms with Gasteiger partial charge in [-0.15, -0.1) is 0 Å². The van der Waals surface area contributed by atoms with Crippen LogP contribution in [0.25, 0.3) is 0 Å². The smallest absolute Gasteiger partial charge is 0.416 e. The fourth-order valence-electron chi connectivity index (χ4n) is 2.69. The number of carbonyl (C=O) groups is 2. The monoisotopic (exact) mass is 422 g/mol. The van der Waals surface area contributed by atoms with Crippen LogP contribution in [0.1, 0.15) is 13.3 Å². The molecule has 4 N–H and O–H groups in total. The number of ether oxygens (including phenoxy) is 1. The number of hydrogen-bond acceptors (Lipinski definition) is 6. The van der Waals surface area contributed by atoms with Gasteiger partial charge in [0.1, 0.15) is 5.82 Å². The maximum absolute atomic E-state index is 13.7. The highest BCUT2D eigenvalue weighted by Crippen LogP contribution is 2.31. The molecule has 0 aliphatic carbocycles. The second kappa shape index (κ2) is 7.95. The van der Waals surface area contributed by atoms with E-state index in [2.05, 4.69) is 10.0 Å². The number of sulfonamides is 1. The van der Waals surface area contributed by atoms with Crippen molar-refractivity contribution >= 4 is 39.1 Å². The third-order valence-corrected chi connectivity index (χ3v) is 5.54. The number of nitrogens with zero attached hydrogens (tertiary/aromatic N) is 1. The van der Waals surface area contributed by atoms with E-state index < -0.39 is 28.2 Å². The fraction of sp³-hybridized carbons (Fsp3) is 0.222. The summed E-state index contributed by atoms with van der Waals surface area (Å²) in [5, 5.41) is 2.55. The summed E-state index contributed by atoms with van der Waals surface area (Å²) in [6.45, 7) is 1.66. The summed E-state index contributed by atoms with van der Waals surface area (Å²) in [6.07, 6.45) is -1.37. The van der Waals surface area contributed by atoms with Crippen molar-refractivity contribution in [1.82, 2.24) is 5.32 Å². The third-order valence-electron chi connectivity index (χ3n) is 4.18. The summed E-state index contributed by atoms with van der Waals surface area (Å²) in [5.41, 5.74) is 5.52. The van der Waals surface area contributed by atoms with E-state index >= 15 is 0 Å². The van der Waals surface area contributed by atoms with Crippen molar-refractivity contribution in [2.45, 2.75) is 24.5 Å². The molecule has 0 aromatic heterocycles. The van der Waals surface area contributed by atoms with Crippen molar-refractivity contribution in [3.05, 3.63) is 48.3 Å². The van der Waals surface area contributed by atoms with Gasteiger partial charge in [0.25, 0.3) is 10.0 Å². The lowest BCUT2D eigenvalue weighted by molar-refractivity contribution is -0.123. The highest BCUT2D eigenvalue weighted by atomic mass is 32.2. The van der Waals surface area contributed by atoms with Gasteiger partial charge in [-0.2, -0.15) is 0 Å². The molecule has 9 nitrogen and oxygen atoms in total. The molecule has 1 aliphatic rings. The Bertz CT molecular complexity index is 1060.